The Balaban J connectivity index is 2.49. The van der Waals surface area contributed by atoms with Gasteiger partial charge in [0, 0.05) is 24.2 Å². The van der Waals surface area contributed by atoms with Crippen molar-refractivity contribution in [3.63, 3.8) is 0 Å². The van der Waals surface area contributed by atoms with Crippen LogP contribution in [0.3, 0.4) is 0 Å². The van der Waals surface area contributed by atoms with Crippen molar-refractivity contribution in [2.24, 2.45) is 0 Å². The summed E-state index contributed by atoms with van der Waals surface area (Å²) in [7, 11) is 1.99. The summed E-state index contributed by atoms with van der Waals surface area (Å²) in [5, 5.41) is 13.0. The van der Waals surface area contributed by atoms with Crippen molar-refractivity contribution in [3.8, 4) is 0 Å². The van der Waals surface area contributed by atoms with Gasteiger partial charge >= 0.3 is 0 Å². The highest BCUT2D eigenvalue weighted by Crippen LogP contribution is 2.19. The Labute approximate surface area is 121 Å². The average Bonchev–Trinajstić information content (AvgIpc) is 2.44. The van der Waals surface area contributed by atoms with Crippen LogP contribution in [0.4, 0.5) is 0 Å². The Bertz CT molecular complexity index is 343. The molecule has 3 nitrogen and oxygen atoms in total. The zero-order valence-electron chi connectivity index (χ0n) is 11.9. The number of hydrogen-bond donors (Lipinski definition) is 2. The molecular formula is C15H25ClN2O. The van der Waals surface area contributed by atoms with Crippen molar-refractivity contribution >= 4 is 11.6 Å². The third-order valence-corrected chi connectivity index (χ3v) is 3.69. The first-order valence-electron chi connectivity index (χ1n) is 6.97. The second kappa shape index (κ2) is 9.32. The Hall–Kier alpha value is -0.610. The van der Waals surface area contributed by atoms with Gasteiger partial charge in [-0.25, -0.2) is 0 Å². The third-order valence-electron chi connectivity index (χ3n) is 3.43. The Morgan fingerprint density at radius 3 is 2.47 bits per heavy atom. The summed E-state index contributed by atoms with van der Waals surface area (Å²) in [5.41, 5.74) is 1.27. The molecule has 0 aromatic heterocycles. The smallest absolute Gasteiger partial charge is 0.0443 e. The van der Waals surface area contributed by atoms with E-state index in [9.17, 15) is 0 Å². The lowest BCUT2D eigenvalue weighted by molar-refractivity contribution is 0.223. The lowest BCUT2D eigenvalue weighted by Crippen LogP contribution is -2.29. The third kappa shape index (κ3) is 5.91. The van der Waals surface area contributed by atoms with Crippen molar-refractivity contribution in [2.45, 2.75) is 25.8 Å². The lowest BCUT2D eigenvalue weighted by atomic mass is 10.0. The molecule has 0 fully saturated rings. The molecule has 1 atom stereocenters. The van der Waals surface area contributed by atoms with Crippen LogP contribution in [0.2, 0.25) is 5.02 Å². The number of rotatable bonds is 9. The summed E-state index contributed by atoms with van der Waals surface area (Å²) in [6.45, 7) is 5.45. The number of hydrogen-bond acceptors (Lipinski definition) is 3. The molecule has 0 saturated carbocycles. The highest BCUT2D eigenvalue weighted by atomic mass is 35.5. The first-order chi connectivity index (χ1) is 9.21. The minimum absolute atomic E-state index is 0.267. The summed E-state index contributed by atoms with van der Waals surface area (Å²) >= 11 is 5.91. The monoisotopic (exact) mass is 284 g/mol. The van der Waals surface area contributed by atoms with Crippen molar-refractivity contribution in [2.75, 3.05) is 33.3 Å². The van der Waals surface area contributed by atoms with E-state index in [1.54, 1.807) is 0 Å². The van der Waals surface area contributed by atoms with Crippen molar-refractivity contribution in [3.05, 3.63) is 34.9 Å². The molecule has 19 heavy (non-hydrogen) atoms. The van der Waals surface area contributed by atoms with E-state index in [-0.39, 0.29) is 6.61 Å². The van der Waals surface area contributed by atoms with E-state index in [0.29, 0.717) is 6.04 Å². The normalized spacial score (nSPS) is 12.9. The highest BCUT2D eigenvalue weighted by Gasteiger charge is 2.11. The summed E-state index contributed by atoms with van der Waals surface area (Å²) in [4.78, 5) is 2.37. The quantitative estimate of drug-likeness (QED) is 0.732. The average molecular weight is 285 g/mol. The minimum atomic E-state index is 0.267. The van der Waals surface area contributed by atoms with Crippen LogP contribution in [0.5, 0.6) is 0 Å². The maximum Gasteiger partial charge on any atom is 0.0443 e. The van der Waals surface area contributed by atoms with Gasteiger partial charge in [-0.2, -0.15) is 0 Å². The summed E-state index contributed by atoms with van der Waals surface area (Å²) < 4.78 is 0. The molecule has 0 radical (unpaired) electrons. The molecule has 1 aromatic rings. The zero-order valence-corrected chi connectivity index (χ0v) is 12.7. The molecule has 4 heteroatoms. The van der Waals surface area contributed by atoms with E-state index < -0.39 is 0 Å². The Kier molecular flexibility index (Phi) is 8.07. The van der Waals surface area contributed by atoms with Crippen molar-refractivity contribution in [1.29, 1.82) is 0 Å². The second-order valence-corrected chi connectivity index (χ2v) is 5.13. The summed E-state index contributed by atoms with van der Waals surface area (Å²) in [5.74, 6) is 0. The van der Waals surface area contributed by atoms with Gasteiger partial charge in [-0.05, 0) is 50.7 Å². The van der Waals surface area contributed by atoms with Gasteiger partial charge in [0.15, 0.2) is 0 Å². The Morgan fingerprint density at radius 1 is 1.26 bits per heavy atom. The number of aliphatic hydroxyl groups excluding tert-OH is 1. The van der Waals surface area contributed by atoms with E-state index in [2.05, 4.69) is 29.3 Å². The van der Waals surface area contributed by atoms with Crippen molar-refractivity contribution < 1.29 is 5.11 Å². The molecule has 1 unspecified atom stereocenters. The van der Waals surface area contributed by atoms with Gasteiger partial charge < -0.3 is 15.3 Å². The molecule has 1 rings (SSSR count). The van der Waals surface area contributed by atoms with E-state index >= 15 is 0 Å². The predicted molar refractivity (Wildman–Crippen MR) is 81.7 cm³/mol. The van der Waals surface area contributed by atoms with Crippen LogP contribution >= 0.6 is 11.6 Å². The van der Waals surface area contributed by atoms with Gasteiger partial charge in [-0.1, -0.05) is 30.7 Å². The maximum absolute atomic E-state index is 8.89. The lowest BCUT2D eigenvalue weighted by Gasteiger charge is -2.24. The summed E-state index contributed by atoms with van der Waals surface area (Å²) in [6.07, 6.45) is 1.90. The SMILES string of the molecule is CCN(CCCO)CCC(NC)c1ccc(Cl)cc1. The number of nitrogens with zero attached hydrogens (tertiary/aromatic N) is 1. The molecule has 0 heterocycles. The fourth-order valence-corrected chi connectivity index (χ4v) is 2.33. The van der Waals surface area contributed by atoms with Crippen LogP contribution in [0.25, 0.3) is 0 Å². The van der Waals surface area contributed by atoms with E-state index in [1.807, 2.05) is 19.2 Å². The van der Waals surface area contributed by atoms with Crippen LogP contribution in [0.15, 0.2) is 24.3 Å². The first-order valence-corrected chi connectivity index (χ1v) is 7.35. The van der Waals surface area contributed by atoms with Gasteiger partial charge in [0.05, 0.1) is 0 Å². The number of benzene rings is 1. The molecule has 0 aliphatic rings. The minimum Gasteiger partial charge on any atom is -0.396 e. The fourth-order valence-electron chi connectivity index (χ4n) is 2.21. The van der Waals surface area contributed by atoms with E-state index in [0.717, 1.165) is 37.5 Å². The molecule has 0 amide bonds. The van der Waals surface area contributed by atoms with Gasteiger partial charge in [0.2, 0.25) is 0 Å². The van der Waals surface area contributed by atoms with Gasteiger partial charge in [0.25, 0.3) is 0 Å². The zero-order chi connectivity index (χ0) is 14.1. The van der Waals surface area contributed by atoms with E-state index in [1.165, 1.54) is 5.56 Å². The summed E-state index contributed by atoms with van der Waals surface area (Å²) in [6, 6.07) is 8.37. The molecule has 108 valence electrons. The molecule has 2 N–H and O–H groups in total. The highest BCUT2D eigenvalue weighted by molar-refractivity contribution is 6.30. The van der Waals surface area contributed by atoms with Crippen LogP contribution in [-0.4, -0.2) is 43.3 Å². The topological polar surface area (TPSA) is 35.5 Å². The largest absolute Gasteiger partial charge is 0.396 e. The molecule has 0 saturated heterocycles. The molecule has 0 spiro atoms. The van der Waals surface area contributed by atoms with E-state index in [4.69, 9.17) is 16.7 Å². The van der Waals surface area contributed by atoms with Crippen molar-refractivity contribution in [1.82, 2.24) is 10.2 Å². The standard InChI is InChI=1S/C15H25ClN2O/c1-3-18(10-4-12-19)11-9-15(17-2)13-5-7-14(16)8-6-13/h5-8,15,17,19H,3-4,9-12H2,1-2H3. The van der Waals surface area contributed by atoms with Crippen LogP contribution in [0.1, 0.15) is 31.4 Å². The molecular weight excluding hydrogens is 260 g/mol. The molecule has 0 aliphatic heterocycles. The molecule has 0 bridgehead atoms. The first kappa shape index (κ1) is 16.4. The molecule has 1 aromatic carbocycles. The number of halogens is 1. The van der Waals surface area contributed by atoms with Gasteiger partial charge in [-0.3, -0.25) is 0 Å². The maximum atomic E-state index is 8.89. The molecule has 0 aliphatic carbocycles. The van der Waals surface area contributed by atoms with Crippen LogP contribution in [0, 0.1) is 0 Å². The predicted octanol–water partition coefficient (Wildman–Crippen LogP) is 2.69. The fraction of sp³-hybridized carbons (Fsp3) is 0.600. The second-order valence-electron chi connectivity index (χ2n) is 4.69. The van der Waals surface area contributed by atoms with Crippen LogP contribution in [-0.2, 0) is 0 Å². The number of nitrogens with one attached hydrogen (secondary N) is 1. The van der Waals surface area contributed by atoms with Gasteiger partial charge in [0.1, 0.15) is 0 Å². The van der Waals surface area contributed by atoms with Crippen LogP contribution < -0.4 is 5.32 Å². The number of aliphatic hydroxyl groups is 1. The Morgan fingerprint density at radius 2 is 1.95 bits per heavy atom. The van der Waals surface area contributed by atoms with Gasteiger partial charge in [-0.15, -0.1) is 0 Å².